The lowest BCUT2D eigenvalue weighted by Crippen LogP contribution is -1.93. The summed E-state index contributed by atoms with van der Waals surface area (Å²) >= 11 is 0. The largest absolute Gasteiger partial charge is 0.496 e. The van der Waals surface area contributed by atoms with Crippen molar-refractivity contribution in [3.63, 3.8) is 0 Å². The summed E-state index contributed by atoms with van der Waals surface area (Å²) in [6, 6.07) is 14.9. The van der Waals surface area contributed by atoms with Crippen LogP contribution in [0.15, 0.2) is 42.5 Å². The molecule has 88 valence electrons. The van der Waals surface area contributed by atoms with Crippen molar-refractivity contribution in [2.24, 2.45) is 0 Å². The molecule has 0 heterocycles. The quantitative estimate of drug-likeness (QED) is 0.771. The van der Waals surface area contributed by atoms with Crippen LogP contribution in [0.3, 0.4) is 0 Å². The van der Waals surface area contributed by atoms with E-state index in [1.54, 1.807) is 7.11 Å². The minimum absolute atomic E-state index is 0.957. The predicted octanol–water partition coefficient (Wildman–Crippen LogP) is 3.90. The van der Waals surface area contributed by atoms with Gasteiger partial charge >= 0.3 is 0 Å². The van der Waals surface area contributed by atoms with Gasteiger partial charge in [0.25, 0.3) is 0 Å². The Bertz CT molecular complexity index is 515. The van der Waals surface area contributed by atoms with Gasteiger partial charge in [-0.15, -0.1) is 0 Å². The molecular weight excluding hydrogens is 208 g/mol. The van der Waals surface area contributed by atoms with Crippen LogP contribution in [0.5, 0.6) is 5.75 Å². The van der Waals surface area contributed by atoms with Crippen molar-refractivity contribution < 1.29 is 4.74 Å². The number of rotatable bonds is 3. The lowest BCUT2D eigenvalue weighted by molar-refractivity contribution is 0.411. The third-order valence-electron chi connectivity index (χ3n) is 3.12. The van der Waals surface area contributed by atoms with E-state index in [0.29, 0.717) is 0 Å². The van der Waals surface area contributed by atoms with Crippen molar-refractivity contribution in [2.45, 2.75) is 20.3 Å². The smallest absolute Gasteiger partial charge is 0.121 e. The highest BCUT2D eigenvalue weighted by Gasteiger charge is 2.02. The first kappa shape index (κ1) is 11.7. The Morgan fingerprint density at radius 2 is 1.71 bits per heavy atom. The number of ether oxygens (including phenoxy) is 1. The SMILES string of the molecule is COc1ccc(Cc2ccccc2C)cc1C. The van der Waals surface area contributed by atoms with Crippen LogP contribution in [0.25, 0.3) is 0 Å². The van der Waals surface area contributed by atoms with Crippen LogP contribution < -0.4 is 4.74 Å². The van der Waals surface area contributed by atoms with Crippen molar-refractivity contribution >= 4 is 0 Å². The third kappa shape index (κ3) is 2.68. The van der Waals surface area contributed by atoms with Gasteiger partial charge in [0.15, 0.2) is 0 Å². The molecular formula is C16H18O. The molecule has 0 atom stereocenters. The van der Waals surface area contributed by atoms with Gasteiger partial charge in [-0.1, -0.05) is 36.4 Å². The molecule has 2 rings (SSSR count). The zero-order valence-corrected chi connectivity index (χ0v) is 10.7. The van der Waals surface area contributed by atoms with Crippen molar-refractivity contribution in [3.8, 4) is 5.75 Å². The Kier molecular flexibility index (Phi) is 3.48. The highest BCUT2D eigenvalue weighted by molar-refractivity contribution is 5.39. The maximum absolute atomic E-state index is 5.27. The molecule has 1 nitrogen and oxygen atoms in total. The first-order valence-electron chi connectivity index (χ1n) is 5.88. The molecule has 0 aliphatic rings. The molecule has 0 saturated carbocycles. The second kappa shape index (κ2) is 5.05. The molecule has 0 N–H and O–H groups in total. The van der Waals surface area contributed by atoms with E-state index >= 15 is 0 Å². The molecule has 0 aromatic heterocycles. The van der Waals surface area contributed by atoms with E-state index in [-0.39, 0.29) is 0 Å². The van der Waals surface area contributed by atoms with Crippen molar-refractivity contribution in [1.82, 2.24) is 0 Å². The molecule has 17 heavy (non-hydrogen) atoms. The second-order valence-corrected chi connectivity index (χ2v) is 4.41. The van der Waals surface area contributed by atoms with Crippen LogP contribution in [-0.4, -0.2) is 7.11 Å². The average molecular weight is 226 g/mol. The van der Waals surface area contributed by atoms with Gasteiger partial charge in [-0.25, -0.2) is 0 Å². The van der Waals surface area contributed by atoms with E-state index in [9.17, 15) is 0 Å². The van der Waals surface area contributed by atoms with Gasteiger partial charge in [0.2, 0.25) is 0 Å². The fraction of sp³-hybridized carbons (Fsp3) is 0.250. The second-order valence-electron chi connectivity index (χ2n) is 4.41. The van der Waals surface area contributed by atoms with Crippen LogP contribution in [0.1, 0.15) is 22.3 Å². The summed E-state index contributed by atoms with van der Waals surface area (Å²) in [6.45, 7) is 4.24. The number of hydrogen-bond donors (Lipinski definition) is 0. The molecule has 0 spiro atoms. The topological polar surface area (TPSA) is 9.23 Å². The molecule has 2 aromatic rings. The number of methoxy groups -OCH3 is 1. The Hall–Kier alpha value is -1.76. The minimum atomic E-state index is 0.957. The molecule has 0 fully saturated rings. The maximum atomic E-state index is 5.27. The van der Waals surface area contributed by atoms with Gasteiger partial charge in [0.1, 0.15) is 5.75 Å². The minimum Gasteiger partial charge on any atom is -0.496 e. The summed E-state index contributed by atoms with van der Waals surface area (Å²) in [7, 11) is 1.71. The van der Waals surface area contributed by atoms with E-state index in [0.717, 1.165) is 12.2 Å². The fourth-order valence-electron chi connectivity index (χ4n) is 2.08. The normalized spacial score (nSPS) is 10.3. The Labute approximate surface area is 103 Å². The summed E-state index contributed by atoms with van der Waals surface area (Å²) in [6.07, 6.45) is 0.984. The predicted molar refractivity (Wildman–Crippen MR) is 71.7 cm³/mol. The molecule has 0 bridgehead atoms. The Balaban J connectivity index is 2.25. The van der Waals surface area contributed by atoms with Gasteiger partial charge < -0.3 is 4.74 Å². The van der Waals surface area contributed by atoms with Crippen molar-refractivity contribution in [2.75, 3.05) is 7.11 Å². The average Bonchev–Trinajstić information content (AvgIpc) is 2.32. The Morgan fingerprint density at radius 3 is 2.35 bits per heavy atom. The van der Waals surface area contributed by atoms with E-state index in [4.69, 9.17) is 4.74 Å². The third-order valence-corrected chi connectivity index (χ3v) is 3.12. The number of aryl methyl sites for hydroxylation is 2. The van der Waals surface area contributed by atoms with Crippen molar-refractivity contribution in [1.29, 1.82) is 0 Å². The van der Waals surface area contributed by atoms with Crippen LogP contribution in [0, 0.1) is 13.8 Å². The highest BCUT2D eigenvalue weighted by Crippen LogP contribution is 2.21. The first-order chi connectivity index (χ1) is 8.20. The molecule has 0 aliphatic heterocycles. The van der Waals surface area contributed by atoms with Gasteiger partial charge in [0.05, 0.1) is 7.11 Å². The van der Waals surface area contributed by atoms with E-state index in [2.05, 4.69) is 50.2 Å². The first-order valence-corrected chi connectivity index (χ1v) is 5.88. The van der Waals surface area contributed by atoms with E-state index in [1.165, 1.54) is 22.3 Å². The maximum Gasteiger partial charge on any atom is 0.121 e. The van der Waals surface area contributed by atoms with Crippen LogP contribution >= 0.6 is 0 Å². The van der Waals surface area contributed by atoms with Crippen LogP contribution in [0.2, 0.25) is 0 Å². The number of hydrogen-bond acceptors (Lipinski definition) is 1. The van der Waals surface area contributed by atoms with Gasteiger partial charge in [-0.05, 0) is 48.6 Å². The summed E-state index contributed by atoms with van der Waals surface area (Å²) in [5, 5.41) is 0. The zero-order valence-electron chi connectivity index (χ0n) is 10.7. The van der Waals surface area contributed by atoms with Crippen LogP contribution in [-0.2, 0) is 6.42 Å². The molecule has 0 saturated heterocycles. The van der Waals surface area contributed by atoms with Gasteiger partial charge in [0, 0.05) is 0 Å². The van der Waals surface area contributed by atoms with Crippen LogP contribution in [0.4, 0.5) is 0 Å². The Morgan fingerprint density at radius 1 is 0.941 bits per heavy atom. The fourth-order valence-corrected chi connectivity index (χ4v) is 2.08. The molecule has 0 aliphatic carbocycles. The monoisotopic (exact) mass is 226 g/mol. The summed E-state index contributed by atoms with van der Waals surface area (Å²) in [5.41, 5.74) is 5.26. The lowest BCUT2D eigenvalue weighted by Gasteiger charge is -2.09. The highest BCUT2D eigenvalue weighted by atomic mass is 16.5. The summed E-state index contributed by atoms with van der Waals surface area (Å²) in [4.78, 5) is 0. The van der Waals surface area contributed by atoms with Crippen molar-refractivity contribution in [3.05, 3.63) is 64.7 Å². The molecule has 1 heteroatoms. The standard InChI is InChI=1S/C16H18O/c1-12-6-4-5-7-15(12)11-14-8-9-16(17-3)13(2)10-14/h4-10H,11H2,1-3H3. The van der Waals surface area contributed by atoms with E-state index < -0.39 is 0 Å². The number of benzene rings is 2. The zero-order chi connectivity index (χ0) is 12.3. The molecule has 2 aromatic carbocycles. The summed E-state index contributed by atoms with van der Waals surface area (Å²) in [5.74, 6) is 0.957. The van der Waals surface area contributed by atoms with E-state index in [1.807, 2.05) is 6.07 Å². The molecule has 0 amide bonds. The molecule has 0 unspecified atom stereocenters. The summed E-state index contributed by atoms with van der Waals surface area (Å²) < 4.78 is 5.27. The van der Waals surface area contributed by atoms with Gasteiger partial charge in [-0.2, -0.15) is 0 Å². The molecule has 0 radical (unpaired) electrons. The van der Waals surface area contributed by atoms with Gasteiger partial charge in [-0.3, -0.25) is 0 Å². The lowest BCUT2D eigenvalue weighted by atomic mass is 9.99.